The van der Waals surface area contributed by atoms with Gasteiger partial charge in [0.15, 0.2) is 0 Å². The van der Waals surface area contributed by atoms with Crippen LogP contribution in [-0.2, 0) is 4.74 Å². The van der Waals surface area contributed by atoms with Crippen LogP contribution in [0.3, 0.4) is 0 Å². The highest BCUT2D eigenvalue weighted by molar-refractivity contribution is 5.05. The molecule has 1 N–H and O–H groups in total. The monoisotopic (exact) mass is 305 g/mol. The van der Waals surface area contributed by atoms with Crippen LogP contribution in [0.5, 0.6) is 0 Å². The Morgan fingerprint density at radius 2 is 1.62 bits per heavy atom. The minimum Gasteiger partial charge on any atom is -0.371 e. The largest absolute Gasteiger partial charge is 0.411 e. The zero-order valence-electron chi connectivity index (χ0n) is 12.7. The number of hydrogen-bond donors (Lipinski definition) is 1. The predicted molar refractivity (Wildman–Crippen MR) is 74.9 cm³/mol. The number of nitrogens with one attached hydrogen (secondary N) is 1. The second-order valence-corrected chi connectivity index (χ2v) is 7.62. The summed E-state index contributed by atoms with van der Waals surface area (Å²) in [7, 11) is 0. The summed E-state index contributed by atoms with van der Waals surface area (Å²) < 4.78 is 40.7. The van der Waals surface area contributed by atoms with E-state index < -0.39 is 12.8 Å². The first kappa shape index (κ1) is 15.6. The Hall–Kier alpha value is -0.290. The average Bonchev–Trinajstić information content (AvgIpc) is 2.35. The van der Waals surface area contributed by atoms with Gasteiger partial charge in [0.1, 0.15) is 6.61 Å². The Morgan fingerprint density at radius 3 is 2.10 bits per heavy atom. The molecule has 4 aliphatic rings. The fourth-order valence-corrected chi connectivity index (χ4v) is 5.46. The van der Waals surface area contributed by atoms with Crippen LogP contribution in [0.25, 0.3) is 0 Å². The molecule has 0 amide bonds. The van der Waals surface area contributed by atoms with E-state index in [1.54, 1.807) is 0 Å². The van der Waals surface area contributed by atoms with Gasteiger partial charge in [-0.05, 0) is 68.6 Å². The highest BCUT2D eigenvalue weighted by atomic mass is 19.4. The molecule has 0 saturated heterocycles. The smallest absolute Gasteiger partial charge is 0.371 e. The maximum absolute atomic E-state index is 12.0. The van der Waals surface area contributed by atoms with E-state index in [9.17, 15) is 13.2 Å². The number of rotatable bonds is 6. The molecule has 0 aromatic carbocycles. The molecule has 5 heteroatoms. The molecule has 1 unspecified atom stereocenters. The van der Waals surface area contributed by atoms with E-state index in [0.29, 0.717) is 18.0 Å². The van der Waals surface area contributed by atoms with Gasteiger partial charge in [-0.15, -0.1) is 0 Å². The molecule has 4 rings (SSSR count). The lowest BCUT2D eigenvalue weighted by molar-refractivity contribution is -0.173. The predicted octanol–water partition coefficient (Wildman–Crippen LogP) is 3.76. The van der Waals surface area contributed by atoms with Crippen LogP contribution in [0.15, 0.2) is 0 Å². The Kier molecular flexibility index (Phi) is 4.25. The molecule has 2 nitrogen and oxygen atoms in total. The summed E-state index contributed by atoms with van der Waals surface area (Å²) in [6.07, 6.45) is 3.98. The van der Waals surface area contributed by atoms with E-state index in [1.807, 2.05) is 0 Å². The zero-order valence-corrected chi connectivity index (χ0v) is 12.7. The van der Waals surface area contributed by atoms with Crippen molar-refractivity contribution in [3.05, 3.63) is 0 Å². The molecule has 4 saturated carbocycles. The maximum atomic E-state index is 12.0. The summed E-state index contributed by atoms with van der Waals surface area (Å²) in [5.41, 5.74) is 0.402. The second-order valence-electron chi connectivity index (χ2n) is 7.62. The van der Waals surface area contributed by atoms with Gasteiger partial charge in [0.05, 0.1) is 6.61 Å². The lowest BCUT2D eigenvalue weighted by Crippen LogP contribution is -2.55. The van der Waals surface area contributed by atoms with Gasteiger partial charge in [-0.2, -0.15) is 13.2 Å². The highest BCUT2D eigenvalue weighted by Crippen LogP contribution is 2.61. The molecule has 4 bridgehead atoms. The van der Waals surface area contributed by atoms with Crippen molar-refractivity contribution in [2.45, 2.75) is 57.7 Å². The molecule has 4 fully saturated rings. The van der Waals surface area contributed by atoms with E-state index in [1.165, 1.54) is 38.5 Å². The summed E-state index contributed by atoms with van der Waals surface area (Å²) in [5.74, 6) is 2.71. The van der Waals surface area contributed by atoms with E-state index in [-0.39, 0.29) is 6.61 Å². The summed E-state index contributed by atoms with van der Waals surface area (Å²) in [5, 5.41) is 3.43. The van der Waals surface area contributed by atoms with Crippen molar-refractivity contribution in [2.75, 3.05) is 19.8 Å². The minimum absolute atomic E-state index is 0.135. The highest BCUT2D eigenvalue weighted by Gasteiger charge is 2.52. The van der Waals surface area contributed by atoms with Crippen molar-refractivity contribution >= 4 is 0 Å². The molecule has 0 radical (unpaired) electrons. The molecule has 1 atom stereocenters. The maximum Gasteiger partial charge on any atom is 0.411 e. The third kappa shape index (κ3) is 3.55. The summed E-state index contributed by atoms with van der Waals surface area (Å²) >= 11 is 0. The Labute approximate surface area is 124 Å². The molecule has 122 valence electrons. The van der Waals surface area contributed by atoms with E-state index >= 15 is 0 Å². The summed E-state index contributed by atoms with van der Waals surface area (Å²) in [4.78, 5) is 0. The third-order valence-electron chi connectivity index (χ3n) is 5.97. The standard InChI is InChI=1S/C16H26F3NO/c1-11(20-2-3-21-10-16(17,18)19)15-7-12-4-13(8-15)6-14(5-12)9-15/h11-14,20H,2-10H2,1H3. The van der Waals surface area contributed by atoms with Crippen LogP contribution >= 0.6 is 0 Å². The van der Waals surface area contributed by atoms with E-state index in [0.717, 1.165) is 17.8 Å². The van der Waals surface area contributed by atoms with E-state index in [2.05, 4.69) is 17.0 Å². The number of ether oxygens (including phenoxy) is 1. The van der Waals surface area contributed by atoms with Gasteiger partial charge in [0.25, 0.3) is 0 Å². The SMILES string of the molecule is CC(NCCOCC(F)(F)F)C12CC3CC(CC(C3)C1)C2. The number of halogens is 3. The van der Waals surface area contributed by atoms with Gasteiger partial charge in [-0.25, -0.2) is 0 Å². The first-order valence-corrected chi connectivity index (χ1v) is 8.24. The van der Waals surface area contributed by atoms with Gasteiger partial charge in [0.2, 0.25) is 0 Å². The van der Waals surface area contributed by atoms with Gasteiger partial charge in [0, 0.05) is 12.6 Å². The van der Waals surface area contributed by atoms with Crippen molar-refractivity contribution in [1.29, 1.82) is 0 Å². The normalized spacial score (nSPS) is 39.7. The average molecular weight is 305 g/mol. The first-order chi connectivity index (χ1) is 9.86. The Balaban J connectivity index is 1.44. The molecule has 21 heavy (non-hydrogen) atoms. The van der Waals surface area contributed by atoms with Crippen LogP contribution < -0.4 is 5.32 Å². The Bertz CT molecular complexity index is 334. The molecule has 0 heterocycles. The van der Waals surface area contributed by atoms with Crippen LogP contribution in [0.2, 0.25) is 0 Å². The lowest BCUT2D eigenvalue weighted by Gasteiger charge is -2.59. The number of alkyl halides is 3. The molecule has 0 aromatic rings. The second kappa shape index (κ2) is 5.73. The van der Waals surface area contributed by atoms with Crippen molar-refractivity contribution in [3.8, 4) is 0 Å². The fraction of sp³-hybridized carbons (Fsp3) is 1.00. The van der Waals surface area contributed by atoms with Crippen molar-refractivity contribution < 1.29 is 17.9 Å². The van der Waals surface area contributed by atoms with Crippen molar-refractivity contribution in [1.82, 2.24) is 5.32 Å². The van der Waals surface area contributed by atoms with Crippen molar-refractivity contribution in [3.63, 3.8) is 0 Å². The minimum atomic E-state index is -4.22. The van der Waals surface area contributed by atoms with Crippen molar-refractivity contribution in [2.24, 2.45) is 23.2 Å². The summed E-state index contributed by atoms with van der Waals surface area (Å²) in [6, 6.07) is 0.389. The van der Waals surface area contributed by atoms with Gasteiger partial charge in [-0.1, -0.05) is 0 Å². The first-order valence-electron chi connectivity index (χ1n) is 8.24. The van der Waals surface area contributed by atoms with Gasteiger partial charge < -0.3 is 10.1 Å². The molecule has 4 aliphatic carbocycles. The van der Waals surface area contributed by atoms with Crippen LogP contribution in [-0.4, -0.2) is 32.0 Å². The molecule has 0 aliphatic heterocycles. The Morgan fingerprint density at radius 1 is 1.10 bits per heavy atom. The van der Waals surface area contributed by atoms with Crippen LogP contribution in [0, 0.1) is 23.2 Å². The van der Waals surface area contributed by atoms with Crippen LogP contribution in [0.4, 0.5) is 13.2 Å². The lowest BCUT2D eigenvalue weighted by atomic mass is 9.48. The topological polar surface area (TPSA) is 21.3 Å². The van der Waals surface area contributed by atoms with Crippen LogP contribution in [0.1, 0.15) is 45.4 Å². The summed E-state index contributed by atoms with van der Waals surface area (Å²) in [6.45, 7) is 1.73. The number of hydrogen-bond acceptors (Lipinski definition) is 2. The molecule has 0 spiro atoms. The third-order valence-corrected chi connectivity index (χ3v) is 5.97. The fourth-order valence-electron chi connectivity index (χ4n) is 5.46. The van der Waals surface area contributed by atoms with Gasteiger partial charge in [-0.3, -0.25) is 0 Å². The quantitative estimate of drug-likeness (QED) is 0.754. The molecule has 0 aromatic heterocycles. The van der Waals surface area contributed by atoms with E-state index in [4.69, 9.17) is 0 Å². The molecular formula is C16H26F3NO. The zero-order chi connectivity index (χ0) is 15.1. The van der Waals surface area contributed by atoms with Gasteiger partial charge >= 0.3 is 6.18 Å². The molecular weight excluding hydrogens is 279 g/mol.